The van der Waals surface area contributed by atoms with Gasteiger partial charge in [-0.05, 0) is 35.7 Å². The van der Waals surface area contributed by atoms with Gasteiger partial charge in [0.15, 0.2) is 10.1 Å². The number of rotatable bonds is 6. The number of aromatic nitrogens is 2. The number of ketones is 1. The molecule has 0 spiro atoms. The van der Waals surface area contributed by atoms with Gasteiger partial charge in [0, 0.05) is 33.6 Å². The van der Waals surface area contributed by atoms with Crippen LogP contribution in [0.4, 0.5) is 10.8 Å². The summed E-state index contributed by atoms with van der Waals surface area (Å²) in [6.45, 7) is 0. The molecule has 1 amide bonds. The van der Waals surface area contributed by atoms with E-state index in [9.17, 15) is 14.9 Å². The van der Waals surface area contributed by atoms with Crippen LogP contribution in [-0.2, 0) is 9.59 Å². The highest BCUT2D eigenvalue weighted by Crippen LogP contribution is 2.48. The standard InChI is InChI=1S/C28H22N6O2S3/c29-14-18-24(22-12-5-13-37-22)25-20(10-4-11-21(25)35)34(26(18)30)27-32-33-28(39-27)38-15-23(36)31-19-9-3-7-16-6-1-2-8-17(16)19/h1-3,5-9,12-13,24H,4,10-11,15,30H2,(H,31,36). The lowest BCUT2D eigenvalue weighted by Crippen LogP contribution is -2.38. The zero-order valence-electron chi connectivity index (χ0n) is 20.6. The van der Waals surface area contributed by atoms with Gasteiger partial charge in [-0.1, -0.05) is 65.6 Å². The van der Waals surface area contributed by atoms with Crippen molar-refractivity contribution in [1.29, 1.82) is 5.26 Å². The molecule has 1 atom stereocenters. The van der Waals surface area contributed by atoms with Crippen LogP contribution in [0.1, 0.15) is 30.1 Å². The number of anilines is 2. The normalized spacial score (nSPS) is 17.4. The lowest BCUT2D eigenvalue weighted by Gasteiger charge is -2.37. The Labute approximate surface area is 236 Å². The highest BCUT2D eigenvalue weighted by Gasteiger charge is 2.41. The average Bonchev–Trinajstić information content (AvgIpc) is 3.64. The Kier molecular flexibility index (Phi) is 6.91. The zero-order valence-corrected chi connectivity index (χ0v) is 23.0. The maximum Gasteiger partial charge on any atom is 0.234 e. The number of hydrogen-bond acceptors (Lipinski definition) is 10. The molecule has 0 saturated heterocycles. The van der Waals surface area contributed by atoms with Crippen LogP contribution in [0.15, 0.2) is 87.0 Å². The summed E-state index contributed by atoms with van der Waals surface area (Å²) in [5.41, 5.74) is 9.08. The molecule has 3 heterocycles. The van der Waals surface area contributed by atoms with Crippen molar-refractivity contribution in [2.45, 2.75) is 29.5 Å². The molecule has 1 aliphatic heterocycles. The number of benzene rings is 2. The van der Waals surface area contributed by atoms with E-state index in [1.165, 1.54) is 34.4 Å². The van der Waals surface area contributed by atoms with Gasteiger partial charge in [-0.15, -0.1) is 21.5 Å². The molecule has 0 fully saturated rings. The molecular weight excluding hydrogens is 549 g/mol. The summed E-state index contributed by atoms with van der Waals surface area (Å²) in [4.78, 5) is 28.5. The van der Waals surface area contributed by atoms with Crippen LogP contribution in [0.5, 0.6) is 0 Å². The molecule has 1 aliphatic carbocycles. The van der Waals surface area contributed by atoms with Crippen molar-refractivity contribution in [3.8, 4) is 6.07 Å². The molecular formula is C28H22N6O2S3. The van der Waals surface area contributed by atoms with E-state index in [-0.39, 0.29) is 23.3 Å². The number of Topliss-reactive ketones (excluding diaryl/α,β-unsaturated/α-hetero) is 1. The molecule has 11 heteroatoms. The Morgan fingerprint density at radius 2 is 2.00 bits per heavy atom. The first kappa shape index (κ1) is 25.3. The lowest BCUT2D eigenvalue weighted by molar-refractivity contribution is -0.116. The predicted octanol–water partition coefficient (Wildman–Crippen LogP) is 5.79. The minimum atomic E-state index is -0.464. The zero-order chi connectivity index (χ0) is 26.9. The van der Waals surface area contributed by atoms with E-state index in [1.807, 2.05) is 60.0 Å². The summed E-state index contributed by atoms with van der Waals surface area (Å²) in [6, 6.07) is 19.8. The fourth-order valence-electron chi connectivity index (χ4n) is 5.04. The molecule has 1 unspecified atom stereocenters. The second-order valence-corrected chi connectivity index (χ2v) is 12.2. The minimum absolute atomic E-state index is 0.0316. The first-order chi connectivity index (χ1) is 19.0. The third-order valence-corrected chi connectivity index (χ3v) is 9.70. The lowest BCUT2D eigenvalue weighted by atomic mass is 9.78. The predicted molar refractivity (Wildman–Crippen MR) is 155 cm³/mol. The Morgan fingerprint density at radius 3 is 2.82 bits per heavy atom. The number of nitrogens with two attached hydrogens (primary N) is 1. The molecule has 0 bridgehead atoms. The number of carbonyl (C=O) groups is 2. The number of allylic oxidation sites excluding steroid dienone is 3. The summed E-state index contributed by atoms with van der Waals surface area (Å²) in [7, 11) is 0. The van der Waals surface area contributed by atoms with Crippen LogP contribution in [-0.4, -0.2) is 27.6 Å². The summed E-state index contributed by atoms with van der Waals surface area (Å²) >= 11 is 4.07. The third-order valence-electron chi connectivity index (χ3n) is 6.72. The molecule has 4 aromatic rings. The number of fused-ring (bicyclic) bond motifs is 1. The Bertz CT molecular complexity index is 1690. The number of nitriles is 1. The quantitative estimate of drug-likeness (QED) is 0.279. The van der Waals surface area contributed by atoms with Gasteiger partial charge in [0.05, 0.1) is 23.3 Å². The minimum Gasteiger partial charge on any atom is -0.384 e. The van der Waals surface area contributed by atoms with Gasteiger partial charge in [0.2, 0.25) is 11.0 Å². The molecule has 39 heavy (non-hydrogen) atoms. The highest BCUT2D eigenvalue weighted by atomic mass is 32.2. The Hall–Kier alpha value is -3.98. The van der Waals surface area contributed by atoms with Crippen LogP contribution in [0.3, 0.4) is 0 Å². The van der Waals surface area contributed by atoms with E-state index in [0.29, 0.717) is 39.9 Å². The van der Waals surface area contributed by atoms with Gasteiger partial charge in [0.1, 0.15) is 5.82 Å². The van der Waals surface area contributed by atoms with Gasteiger partial charge in [0.25, 0.3) is 0 Å². The molecule has 194 valence electrons. The van der Waals surface area contributed by atoms with Gasteiger partial charge in [-0.25, -0.2) is 0 Å². The average molecular weight is 571 g/mol. The van der Waals surface area contributed by atoms with E-state index in [1.54, 1.807) is 4.90 Å². The first-order valence-corrected chi connectivity index (χ1v) is 15.0. The van der Waals surface area contributed by atoms with E-state index in [0.717, 1.165) is 27.0 Å². The molecule has 0 radical (unpaired) electrons. The van der Waals surface area contributed by atoms with Crippen molar-refractivity contribution in [2.75, 3.05) is 16.0 Å². The maximum absolute atomic E-state index is 13.2. The molecule has 0 saturated carbocycles. The van der Waals surface area contributed by atoms with Crippen molar-refractivity contribution in [3.05, 3.63) is 87.5 Å². The third kappa shape index (κ3) is 4.71. The second-order valence-electron chi connectivity index (χ2n) is 9.05. The van der Waals surface area contributed by atoms with E-state index in [4.69, 9.17) is 5.73 Å². The van der Waals surface area contributed by atoms with Crippen LogP contribution in [0.25, 0.3) is 10.8 Å². The number of hydrogen-bond donors (Lipinski definition) is 2. The summed E-state index contributed by atoms with van der Waals surface area (Å²) < 4.78 is 0.592. The van der Waals surface area contributed by atoms with Gasteiger partial charge in [-0.2, -0.15) is 5.26 Å². The van der Waals surface area contributed by atoms with Crippen LogP contribution in [0, 0.1) is 11.3 Å². The number of thiophene rings is 1. The van der Waals surface area contributed by atoms with Crippen LogP contribution < -0.4 is 16.0 Å². The van der Waals surface area contributed by atoms with E-state index < -0.39 is 5.92 Å². The first-order valence-electron chi connectivity index (χ1n) is 12.3. The number of nitrogens with one attached hydrogen (secondary N) is 1. The smallest absolute Gasteiger partial charge is 0.234 e. The maximum atomic E-state index is 13.2. The number of carbonyl (C=O) groups excluding carboxylic acids is 2. The van der Waals surface area contributed by atoms with E-state index >= 15 is 0 Å². The number of amides is 1. The topological polar surface area (TPSA) is 125 Å². The van der Waals surface area contributed by atoms with Crippen LogP contribution in [0.2, 0.25) is 0 Å². The van der Waals surface area contributed by atoms with Crippen molar-refractivity contribution in [2.24, 2.45) is 5.73 Å². The van der Waals surface area contributed by atoms with Gasteiger partial charge >= 0.3 is 0 Å². The molecule has 2 aromatic heterocycles. The Balaban J connectivity index is 1.24. The summed E-state index contributed by atoms with van der Waals surface area (Å²) in [6.07, 6.45) is 1.79. The molecule has 3 N–H and O–H groups in total. The summed E-state index contributed by atoms with van der Waals surface area (Å²) in [5, 5.41) is 26.1. The highest BCUT2D eigenvalue weighted by molar-refractivity contribution is 8.01. The van der Waals surface area contributed by atoms with Crippen molar-refractivity contribution >= 4 is 67.7 Å². The fourth-order valence-corrected chi connectivity index (χ4v) is 7.57. The van der Waals surface area contributed by atoms with E-state index in [2.05, 4.69) is 21.6 Å². The molecule has 2 aromatic carbocycles. The summed E-state index contributed by atoms with van der Waals surface area (Å²) in [5.74, 6) is -0.165. The second kappa shape index (κ2) is 10.6. The monoisotopic (exact) mass is 570 g/mol. The van der Waals surface area contributed by atoms with Crippen molar-refractivity contribution < 1.29 is 9.59 Å². The van der Waals surface area contributed by atoms with Crippen molar-refractivity contribution in [3.63, 3.8) is 0 Å². The molecule has 8 nitrogen and oxygen atoms in total. The van der Waals surface area contributed by atoms with Gasteiger partial charge in [-0.3, -0.25) is 14.5 Å². The molecule has 6 rings (SSSR count). The van der Waals surface area contributed by atoms with Crippen LogP contribution >= 0.6 is 34.4 Å². The molecule has 2 aliphatic rings. The van der Waals surface area contributed by atoms with Crippen molar-refractivity contribution in [1.82, 2.24) is 10.2 Å². The Morgan fingerprint density at radius 1 is 1.15 bits per heavy atom. The fraction of sp³-hybridized carbons (Fsp3) is 0.179. The van der Waals surface area contributed by atoms with Gasteiger partial charge < -0.3 is 11.1 Å². The largest absolute Gasteiger partial charge is 0.384 e. The SMILES string of the molecule is N#CC1=C(N)N(c2nnc(SCC(=O)Nc3cccc4ccccc34)s2)C2=C(C(=O)CCC2)C1c1cccs1. The number of thioether (sulfide) groups is 1. The number of nitrogens with zero attached hydrogens (tertiary/aromatic N) is 4.